The van der Waals surface area contributed by atoms with E-state index in [-0.39, 0.29) is 24.3 Å². The largest absolute Gasteiger partial charge is 0.462 e. The van der Waals surface area contributed by atoms with Crippen molar-refractivity contribution in [2.24, 2.45) is 11.8 Å². The van der Waals surface area contributed by atoms with Crippen molar-refractivity contribution in [1.82, 2.24) is 0 Å². The molecule has 2 amide bonds. The highest BCUT2D eigenvalue weighted by Gasteiger charge is 2.67. The molecule has 4 aliphatic rings. The first-order valence-corrected chi connectivity index (χ1v) is 11.9. The minimum Gasteiger partial charge on any atom is -0.462 e. The quantitative estimate of drug-likeness (QED) is 0.421. The third-order valence-electron chi connectivity index (χ3n) is 7.97. The summed E-state index contributed by atoms with van der Waals surface area (Å²) in [7, 11) is 0. The molecule has 3 aromatic carbocycles. The summed E-state index contributed by atoms with van der Waals surface area (Å²) < 4.78 is 5.13. The Morgan fingerprint density at radius 3 is 2.15 bits per heavy atom. The van der Waals surface area contributed by atoms with Gasteiger partial charge < -0.3 is 4.74 Å². The number of rotatable bonds is 4. The summed E-state index contributed by atoms with van der Waals surface area (Å²) in [4.78, 5) is 41.8. The normalized spacial score (nSPS) is 26.2. The third-order valence-corrected chi connectivity index (χ3v) is 7.97. The van der Waals surface area contributed by atoms with Gasteiger partial charge in [0.2, 0.25) is 11.8 Å². The van der Waals surface area contributed by atoms with Crippen molar-refractivity contribution in [3.63, 3.8) is 0 Å². The molecule has 7 rings (SSSR count). The van der Waals surface area contributed by atoms with Gasteiger partial charge in [-0.25, -0.2) is 9.69 Å². The maximum Gasteiger partial charge on any atom is 0.338 e. The van der Waals surface area contributed by atoms with Crippen LogP contribution in [-0.4, -0.2) is 24.4 Å². The molecule has 3 aromatic rings. The number of esters is 1. The number of ether oxygens (including phenoxy) is 1. The highest BCUT2D eigenvalue weighted by atomic mass is 16.5. The van der Waals surface area contributed by atoms with Crippen LogP contribution in [0, 0.1) is 11.8 Å². The highest BCUT2D eigenvalue weighted by Crippen LogP contribution is 2.65. The number of nitrogens with zero attached hydrogens (tertiary/aromatic N) is 1. The zero-order chi connectivity index (χ0) is 23.6. The third kappa shape index (κ3) is 2.47. The van der Waals surface area contributed by atoms with Gasteiger partial charge in [-0.15, -0.1) is 0 Å². The van der Waals surface area contributed by atoms with Crippen LogP contribution in [0.5, 0.6) is 0 Å². The fourth-order valence-electron chi connectivity index (χ4n) is 6.77. The van der Waals surface area contributed by atoms with Crippen LogP contribution in [-0.2, 0) is 19.7 Å². The molecule has 2 atom stereocenters. The van der Waals surface area contributed by atoms with Gasteiger partial charge in [0.15, 0.2) is 0 Å². The molecule has 0 unspecified atom stereocenters. The Morgan fingerprint density at radius 2 is 1.53 bits per heavy atom. The van der Waals surface area contributed by atoms with E-state index in [0.717, 1.165) is 22.3 Å². The Morgan fingerprint density at radius 1 is 0.882 bits per heavy atom. The van der Waals surface area contributed by atoms with Gasteiger partial charge in [0.05, 0.1) is 29.7 Å². The number of imide groups is 1. The van der Waals surface area contributed by atoms with Crippen LogP contribution in [0.15, 0.2) is 72.8 Å². The lowest BCUT2D eigenvalue weighted by atomic mass is 9.46. The summed E-state index contributed by atoms with van der Waals surface area (Å²) in [6.45, 7) is 4.11. The van der Waals surface area contributed by atoms with Crippen LogP contribution in [0.25, 0.3) is 0 Å². The van der Waals surface area contributed by atoms with E-state index < -0.39 is 23.2 Å². The Kier molecular flexibility index (Phi) is 4.53. The van der Waals surface area contributed by atoms with Crippen LogP contribution in [0.1, 0.15) is 58.8 Å². The molecular weight excluding hydrogens is 426 g/mol. The summed E-state index contributed by atoms with van der Waals surface area (Å²) in [6, 6.07) is 23.2. The van der Waals surface area contributed by atoms with Crippen molar-refractivity contribution in [2.75, 3.05) is 11.5 Å². The van der Waals surface area contributed by atoms with Gasteiger partial charge in [0.25, 0.3) is 0 Å². The predicted molar refractivity (Wildman–Crippen MR) is 128 cm³/mol. The van der Waals surface area contributed by atoms with Crippen LogP contribution in [0.2, 0.25) is 0 Å². The molecular formula is C29H25NO4. The minimum absolute atomic E-state index is 0.166. The molecule has 0 N–H and O–H groups in total. The fraction of sp³-hybridized carbons (Fsp3) is 0.276. The summed E-state index contributed by atoms with van der Waals surface area (Å²) in [6.07, 6.45) is 0.713. The van der Waals surface area contributed by atoms with E-state index >= 15 is 0 Å². The molecule has 2 bridgehead atoms. The van der Waals surface area contributed by atoms with Crippen LogP contribution in [0.3, 0.4) is 0 Å². The average Bonchev–Trinajstić information content (AvgIpc) is 3.15. The van der Waals surface area contributed by atoms with E-state index in [9.17, 15) is 14.4 Å². The molecule has 0 spiro atoms. The van der Waals surface area contributed by atoms with E-state index in [4.69, 9.17) is 4.74 Å². The van der Waals surface area contributed by atoms with Gasteiger partial charge in [-0.3, -0.25) is 9.59 Å². The summed E-state index contributed by atoms with van der Waals surface area (Å²) in [5, 5.41) is 0. The monoisotopic (exact) mass is 451 g/mol. The van der Waals surface area contributed by atoms with Crippen LogP contribution in [0.4, 0.5) is 5.69 Å². The fourth-order valence-corrected chi connectivity index (χ4v) is 6.77. The van der Waals surface area contributed by atoms with E-state index in [1.54, 1.807) is 31.2 Å². The average molecular weight is 452 g/mol. The van der Waals surface area contributed by atoms with Gasteiger partial charge in [-0.05, 0) is 53.8 Å². The lowest BCUT2D eigenvalue weighted by molar-refractivity contribution is -0.123. The number of amides is 2. The molecule has 0 saturated carbocycles. The Hall–Kier alpha value is -3.73. The second-order valence-electron chi connectivity index (χ2n) is 9.26. The van der Waals surface area contributed by atoms with Crippen molar-refractivity contribution in [3.05, 3.63) is 101 Å². The van der Waals surface area contributed by atoms with Crippen molar-refractivity contribution >= 4 is 23.5 Å². The molecule has 1 fully saturated rings. The first-order chi connectivity index (χ1) is 16.5. The van der Waals surface area contributed by atoms with E-state index in [1.807, 2.05) is 24.3 Å². The molecule has 5 heteroatoms. The minimum atomic E-state index is -0.563. The number of carbonyl (C=O) groups excluding carboxylic acids is 3. The molecule has 5 nitrogen and oxygen atoms in total. The highest BCUT2D eigenvalue weighted by molar-refractivity contribution is 6.24. The predicted octanol–water partition coefficient (Wildman–Crippen LogP) is 4.82. The first kappa shape index (κ1) is 20.8. The second kappa shape index (κ2) is 7.39. The molecule has 0 radical (unpaired) electrons. The molecule has 1 saturated heterocycles. The van der Waals surface area contributed by atoms with E-state index in [0.29, 0.717) is 17.7 Å². The van der Waals surface area contributed by atoms with Crippen LogP contribution >= 0.6 is 0 Å². The van der Waals surface area contributed by atoms with Gasteiger partial charge in [0.1, 0.15) is 0 Å². The van der Waals surface area contributed by atoms with Crippen molar-refractivity contribution in [1.29, 1.82) is 0 Å². The number of hydrogen-bond acceptors (Lipinski definition) is 4. The van der Waals surface area contributed by atoms with Crippen molar-refractivity contribution < 1.29 is 19.1 Å². The molecule has 1 heterocycles. The maximum absolute atomic E-state index is 14.1. The molecule has 0 aromatic heterocycles. The van der Waals surface area contributed by atoms with Gasteiger partial charge in [-0.1, -0.05) is 61.5 Å². The Bertz CT molecular complexity index is 1310. The topological polar surface area (TPSA) is 63.7 Å². The number of carbonyl (C=O) groups is 3. The van der Waals surface area contributed by atoms with Crippen molar-refractivity contribution in [3.8, 4) is 0 Å². The Balaban J connectivity index is 1.54. The van der Waals surface area contributed by atoms with Gasteiger partial charge in [-0.2, -0.15) is 0 Å². The molecule has 34 heavy (non-hydrogen) atoms. The SMILES string of the molecule is CCOC(=O)c1cccc(N2C(=O)[C@H]3C4c5ccccc5C(CC)(c5ccccc54)[C@H]3C2=O)c1. The van der Waals surface area contributed by atoms with E-state index in [1.165, 1.54) is 4.90 Å². The lowest BCUT2D eigenvalue weighted by Gasteiger charge is -2.54. The first-order valence-electron chi connectivity index (χ1n) is 11.9. The van der Waals surface area contributed by atoms with Gasteiger partial charge >= 0.3 is 5.97 Å². The summed E-state index contributed by atoms with van der Waals surface area (Å²) >= 11 is 0. The van der Waals surface area contributed by atoms with Gasteiger partial charge in [0, 0.05) is 11.3 Å². The second-order valence-corrected chi connectivity index (χ2v) is 9.26. The van der Waals surface area contributed by atoms with Crippen LogP contribution < -0.4 is 4.90 Å². The number of anilines is 1. The van der Waals surface area contributed by atoms with Crippen molar-refractivity contribution in [2.45, 2.75) is 31.6 Å². The smallest absolute Gasteiger partial charge is 0.338 e. The maximum atomic E-state index is 14.1. The standard InChI is InChI=1S/C29H25NO4/c1-3-29-21-14-7-5-12-19(21)23(20-13-6-8-15-22(20)29)24-25(29)27(32)30(26(24)31)18-11-9-10-17(16-18)28(33)34-4-2/h5-16,23-25H,3-4H2,1-2H3/t23?,24-,25+,29?/m0/s1. The summed E-state index contributed by atoms with van der Waals surface area (Å²) in [5.74, 6) is -1.96. The molecule has 1 aliphatic heterocycles. The Labute approximate surface area is 198 Å². The number of hydrogen-bond donors (Lipinski definition) is 0. The molecule has 170 valence electrons. The molecule has 3 aliphatic carbocycles. The van der Waals surface area contributed by atoms with E-state index in [2.05, 4.69) is 31.2 Å². The number of benzene rings is 3. The zero-order valence-electron chi connectivity index (χ0n) is 19.2. The summed E-state index contributed by atoms with van der Waals surface area (Å²) in [5.41, 5.74) is 4.80. The zero-order valence-corrected chi connectivity index (χ0v) is 19.2. The lowest BCUT2D eigenvalue weighted by Crippen LogP contribution is -2.53.